The summed E-state index contributed by atoms with van der Waals surface area (Å²) in [5, 5.41) is 4.45. The van der Waals surface area contributed by atoms with Crippen LogP contribution < -0.4 is 11.1 Å². The predicted octanol–water partition coefficient (Wildman–Crippen LogP) is 1.92. The highest BCUT2D eigenvalue weighted by molar-refractivity contribution is 5.78. The lowest BCUT2D eigenvalue weighted by Crippen LogP contribution is -2.51. The SMILES string of the molecule is NCC1(Nc2ncc3ccccc3n2)CCC1. The molecule has 0 aliphatic heterocycles. The van der Waals surface area contributed by atoms with Crippen molar-refractivity contribution in [2.75, 3.05) is 11.9 Å². The van der Waals surface area contributed by atoms with Gasteiger partial charge in [0.25, 0.3) is 0 Å². The molecule has 0 saturated heterocycles. The van der Waals surface area contributed by atoms with E-state index < -0.39 is 0 Å². The Morgan fingerprint density at radius 3 is 2.82 bits per heavy atom. The molecule has 0 radical (unpaired) electrons. The number of benzene rings is 1. The summed E-state index contributed by atoms with van der Waals surface area (Å²) < 4.78 is 0. The fourth-order valence-corrected chi connectivity index (χ4v) is 2.25. The largest absolute Gasteiger partial charge is 0.347 e. The van der Waals surface area contributed by atoms with Gasteiger partial charge in [-0.25, -0.2) is 9.97 Å². The van der Waals surface area contributed by atoms with Crippen molar-refractivity contribution in [1.29, 1.82) is 0 Å². The standard InChI is InChI=1S/C13H16N4/c14-9-13(6-3-7-13)17-12-15-8-10-4-1-2-5-11(10)16-12/h1-2,4-5,8H,3,6-7,9,14H2,(H,15,16,17). The van der Waals surface area contributed by atoms with Crippen LogP contribution in [0.4, 0.5) is 5.95 Å². The number of fused-ring (bicyclic) bond motifs is 1. The lowest BCUT2D eigenvalue weighted by atomic mass is 9.77. The minimum atomic E-state index is 0.0302. The van der Waals surface area contributed by atoms with Gasteiger partial charge < -0.3 is 11.1 Å². The summed E-state index contributed by atoms with van der Waals surface area (Å²) in [5.41, 5.74) is 6.81. The van der Waals surface area contributed by atoms with E-state index >= 15 is 0 Å². The van der Waals surface area contributed by atoms with E-state index in [0.29, 0.717) is 12.5 Å². The summed E-state index contributed by atoms with van der Waals surface area (Å²) in [7, 11) is 0. The predicted molar refractivity (Wildman–Crippen MR) is 68.8 cm³/mol. The highest BCUT2D eigenvalue weighted by Gasteiger charge is 2.36. The van der Waals surface area contributed by atoms with Gasteiger partial charge in [-0.15, -0.1) is 0 Å². The fourth-order valence-electron chi connectivity index (χ4n) is 2.25. The average Bonchev–Trinajstić information content (AvgIpc) is 2.34. The smallest absolute Gasteiger partial charge is 0.223 e. The van der Waals surface area contributed by atoms with E-state index in [1.165, 1.54) is 6.42 Å². The van der Waals surface area contributed by atoms with Gasteiger partial charge in [-0.1, -0.05) is 18.2 Å². The number of anilines is 1. The number of para-hydroxylation sites is 1. The molecule has 1 aromatic heterocycles. The first kappa shape index (κ1) is 10.5. The third kappa shape index (κ3) is 1.85. The lowest BCUT2D eigenvalue weighted by molar-refractivity contribution is 0.285. The third-order valence-corrected chi connectivity index (χ3v) is 3.57. The van der Waals surface area contributed by atoms with Crippen LogP contribution in [0.3, 0.4) is 0 Å². The lowest BCUT2D eigenvalue weighted by Gasteiger charge is -2.41. The molecule has 0 spiro atoms. The normalized spacial score (nSPS) is 17.7. The highest BCUT2D eigenvalue weighted by atomic mass is 15.2. The summed E-state index contributed by atoms with van der Waals surface area (Å²) in [4.78, 5) is 8.86. The van der Waals surface area contributed by atoms with E-state index in [1.807, 2.05) is 30.5 Å². The van der Waals surface area contributed by atoms with E-state index in [1.54, 1.807) is 0 Å². The Morgan fingerprint density at radius 2 is 2.12 bits per heavy atom. The van der Waals surface area contributed by atoms with Crippen molar-refractivity contribution in [1.82, 2.24) is 9.97 Å². The molecule has 4 nitrogen and oxygen atoms in total. The van der Waals surface area contributed by atoms with Crippen molar-refractivity contribution in [2.45, 2.75) is 24.8 Å². The Balaban J connectivity index is 1.90. The minimum absolute atomic E-state index is 0.0302. The Morgan fingerprint density at radius 1 is 1.29 bits per heavy atom. The van der Waals surface area contributed by atoms with Gasteiger partial charge in [0.1, 0.15) is 0 Å². The Labute approximate surface area is 100 Å². The van der Waals surface area contributed by atoms with E-state index in [0.717, 1.165) is 23.7 Å². The molecule has 1 saturated carbocycles. The molecule has 1 aliphatic carbocycles. The second kappa shape index (κ2) is 3.96. The summed E-state index contributed by atoms with van der Waals surface area (Å²) in [5.74, 6) is 0.689. The van der Waals surface area contributed by atoms with Crippen molar-refractivity contribution in [2.24, 2.45) is 5.73 Å². The molecule has 0 amide bonds. The molecular formula is C13H16N4. The van der Waals surface area contributed by atoms with Gasteiger partial charge in [0, 0.05) is 18.1 Å². The van der Waals surface area contributed by atoms with Gasteiger partial charge in [-0.2, -0.15) is 0 Å². The third-order valence-electron chi connectivity index (χ3n) is 3.57. The van der Waals surface area contributed by atoms with Crippen LogP contribution in [0.5, 0.6) is 0 Å². The molecule has 1 heterocycles. The molecule has 3 N–H and O–H groups in total. The minimum Gasteiger partial charge on any atom is -0.347 e. The zero-order valence-electron chi connectivity index (χ0n) is 9.69. The first-order valence-corrected chi connectivity index (χ1v) is 6.01. The first-order chi connectivity index (χ1) is 8.31. The molecular weight excluding hydrogens is 212 g/mol. The molecule has 1 aliphatic rings. The van der Waals surface area contributed by atoms with Crippen molar-refractivity contribution in [3.8, 4) is 0 Å². The Bertz CT molecular complexity index is 528. The maximum Gasteiger partial charge on any atom is 0.223 e. The molecule has 17 heavy (non-hydrogen) atoms. The van der Waals surface area contributed by atoms with Crippen LogP contribution >= 0.6 is 0 Å². The average molecular weight is 228 g/mol. The van der Waals surface area contributed by atoms with Crippen LogP contribution in [0.2, 0.25) is 0 Å². The first-order valence-electron chi connectivity index (χ1n) is 6.01. The summed E-state index contributed by atoms with van der Waals surface area (Å²) in [6, 6.07) is 7.99. The van der Waals surface area contributed by atoms with Gasteiger partial charge in [0.2, 0.25) is 5.95 Å². The monoisotopic (exact) mass is 228 g/mol. The van der Waals surface area contributed by atoms with Crippen LogP contribution in [-0.4, -0.2) is 22.1 Å². The maximum absolute atomic E-state index is 5.81. The number of nitrogens with two attached hydrogens (primary N) is 1. The summed E-state index contributed by atoms with van der Waals surface area (Å²) in [6.45, 7) is 0.642. The van der Waals surface area contributed by atoms with Crippen LogP contribution in [0.1, 0.15) is 19.3 Å². The molecule has 1 aromatic carbocycles. The van der Waals surface area contributed by atoms with Gasteiger partial charge in [-0.05, 0) is 25.3 Å². The molecule has 4 heteroatoms. The maximum atomic E-state index is 5.81. The van der Waals surface area contributed by atoms with Gasteiger partial charge in [0.15, 0.2) is 0 Å². The quantitative estimate of drug-likeness (QED) is 0.842. The van der Waals surface area contributed by atoms with Gasteiger partial charge in [0.05, 0.1) is 11.1 Å². The molecule has 0 bridgehead atoms. The molecule has 3 rings (SSSR count). The van der Waals surface area contributed by atoms with Gasteiger partial charge in [-0.3, -0.25) is 0 Å². The van der Waals surface area contributed by atoms with Crippen LogP contribution in [0.15, 0.2) is 30.5 Å². The van der Waals surface area contributed by atoms with E-state index in [9.17, 15) is 0 Å². The number of hydrogen-bond donors (Lipinski definition) is 2. The number of nitrogens with one attached hydrogen (secondary N) is 1. The van der Waals surface area contributed by atoms with Crippen molar-refractivity contribution >= 4 is 16.9 Å². The van der Waals surface area contributed by atoms with Gasteiger partial charge >= 0.3 is 0 Å². The van der Waals surface area contributed by atoms with Crippen molar-refractivity contribution in [3.05, 3.63) is 30.5 Å². The van der Waals surface area contributed by atoms with Crippen LogP contribution in [0, 0.1) is 0 Å². The molecule has 88 valence electrons. The number of aromatic nitrogens is 2. The molecule has 0 unspecified atom stereocenters. The van der Waals surface area contributed by atoms with Crippen LogP contribution in [0.25, 0.3) is 10.9 Å². The Kier molecular flexibility index (Phi) is 2.44. The number of nitrogens with zero attached hydrogens (tertiary/aromatic N) is 2. The van der Waals surface area contributed by atoms with Crippen LogP contribution in [-0.2, 0) is 0 Å². The fraction of sp³-hybridized carbons (Fsp3) is 0.385. The zero-order chi connectivity index (χ0) is 11.7. The Hall–Kier alpha value is -1.68. The number of rotatable bonds is 3. The van der Waals surface area contributed by atoms with E-state index in [-0.39, 0.29) is 5.54 Å². The second-order valence-electron chi connectivity index (χ2n) is 4.72. The van der Waals surface area contributed by atoms with E-state index in [2.05, 4.69) is 15.3 Å². The zero-order valence-corrected chi connectivity index (χ0v) is 9.69. The summed E-state index contributed by atoms with van der Waals surface area (Å²) in [6.07, 6.45) is 5.31. The van der Waals surface area contributed by atoms with Crippen molar-refractivity contribution < 1.29 is 0 Å². The second-order valence-corrected chi connectivity index (χ2v) is 4.72. The molecule has 0 atom stereocenters. The topological polar surface area (TPSA) is 63.8 Å². The van der Waals surface area contributed by atoms with E-state index in [4.69, 9.17) is 5.73 Å². The van der Waals surface area contributed by atoms with Crippen molar-refractivity contribution in [3.63, 3.8) is 0 Å². The molecule has 1 fully saturated rings. The molecule has 2 aromatic rings. The number of hydrogen-bond acceptors (Lipinski definition) is 4. The highest BCUT2D eigenvalue weighted by Crippen LogP contribution is 2.33. The summed E-state index contributed by atoms with van der Waals surface area (Å²) >= 11 is 0.